The van der Waals surface area contributed by atoms with Crippen LogP contribution in [0, 0.1) is 5.41 Å². The molecule has 0 bridgehead atoms. The summed E-state index contributed by atoms with van der Waals surface area (Å²) in [6, 6.07) is 11.8. The lowest BCUT2D eigenvalue weighted by molar-refractivity contribution is 0.0891. The number of amides is 1. The fourth-order valence-electron chi connectivity index (χ4n) is 3.89. The standard InChI is InChI=1S/C24H33ClN2O4S/c1-23(2,3)16-24(4,5)26-22(28)18-10-8-17(9-11-18)15-27(32(7,29)30)19-12-13-21(31-6)20(25)14-19/h8-14H,15-16H2,1-7H3,(H,26,28). The molecule has 1 N–H and O–H groups in total. The van der Waals surface area contributed by atoms with E-state index in [1.807, 2.05) is 13.8 Å². The molecule has 0 radical (unpaired) electrons. The Hall–Kier alpha value is -2.25. The van der Waals surface area contributed by atoms with Crippen molar-refractivity contribution >= 4 is 33.2 Å². The molecule has 0 unspecified atom stereocenters. The number of carbonyl (C=O) groups excluding carboxylic acids is 1. The molecule has 0 spiro atoms. The van der Waals surface area contributed by atoms with E-state index in [0.29, 0.717) is 22.0 Å². The van der Waals surface area contributed by atoms with Crippen molar-refractivity contribution in [2.45, 2.75) is 53.1 Å². The molecule has 32 heavy (non-hydrogen) atoms. The van der Waals surface area contributed by atoms with Crippen molar-refractivity contribution in [1.29, 1.82) is 0 Å². The Balaban J connectivity index is 2.20. The third-order valence-corrected chi connectivity index (χ3v) is 6.23. The molecule has 6 nitrogen and oxygen atoms in total. The van der Waals surface area contributed by atoms with Gasteiger partial charge in [0.25, 0.3) is 5.91 Å². The van der Waals surface area contributed by atoms with Crippen LogP contribution < -0.4 is 14.4 Å². The highest BCUT2D eigenvalue weighted by atomic mass is 35.5. The van der Waals surface area contributed by atoms with Crippen LogP contribution in [0.3, 0.4) is 0 Å². The summed E-state index contributed by atoms with van der Waals surface area (Å²) < 4.78 is 31.3. The smallest absolute Gasteiger partial charge is 0.251 e. The van der Waals surface area contributed by atoms with Crippen LogP contribution in [0.15, 0.2) is 42.5 Å². The zero-order valence-electron chi connectivity index (χ0n) is 19.8. The van der Waals surface area contributed by atoms with Crippen molar-refractivity contribution in [2.75, 3.05) is 17.7 Å². The number of sulfonamides is 1. The number of benzene rings is 2. The highest BCUT2D eigenvalue weighted by Gasteiger charge is 2.27. The average molecular weight is 481 g/mol. The molecule has 0 heterocycles. The summed E-state index contributed by atoms with van der Waals surface area (Å²) in [5, 5.41) is 3.41. The number of ether oxygens (including phenoxy) is 1. The molecule has 0 saturated heterocycles. The molecule has 0 aliphatic carbocycles. The second-order valence-electron chi connectivity index (χ2n) is 9.86. The molecule has 0 atom stereocenters. The normalized spacial score (nSPS) is 12.4. The number of halogens is 1. The zero-order chi connectivity index (χ0) is 24.3. The Kier molecular flexibility index (Phi) is 7.89. The maximum atomic E-state index is 12.7. The zero-order valence-corrected chi connectivity index (χ0v) is 21.4. The number of nitrogens with zero attached hydrogens (tertiary/aromatic N) is 1. The maximum Gasteiger partial charge on any atom is 0.251 e. The van der Waals surface area contributed by atoms with Crippen LogP contribution in [-0.2, 0) is 16.6 Å². The third-order valence-electron chi connectivity index (χ3n) is 4.79. The molecule has 0 aliphatic heterocycles. The van der Waals surface area contributed by atoms with Crippen LogP contribution in [-0.4, -0.2) is 33.2 Å². The number of anilines is 1. The summed E-state index contributed by atoms with van der Waals surface area (Å²) >= 11 is 6.18. The van der Waals surface area contributed by atoms with Gasteiger partial charge in [-0.25, -0.2) is 8.42 Å². The minimum atomic E-state index is -3.57. The van der Waals surface area contributed by atoms with Gasteiger partial charge in [0.2, 0.25) is 10.0 Å². The van der Waals surface area contributed by atoms with Gasteiger partial charge in [0.1, 0.15) is 5.75 Å². The van der Waals surface area contributed by atoms with Crippen LogP contribution in [0.4, 0.5) is 5.69 Å². The molecule has 0 aromatic heterocycles. The van der Waals surface area contributed by atoms with Crippen molar-refractivity contribution in [3.63, 3.8) is 0 Å². The predicted molar refractivity (Wildman–Crippen MR) is 131 cm³/mol. The molecule has 0 aliphatic rings. The molecule has 2 aromatic rings. The van der Waals surface area contributed by atoms with Gasteiger partial charge in [0.15, 0.2) is 0 Å². The van der Waals surface area contributed by atoms with Gasteiger partial charge in [0, 0.05) is 11.1 Å². The maximum absolute atomic E-state index is 12.7. The van der Waals surface area contributed by atoms with Crippen molar-refractivity contribution in [2.24, 2.45) is 5.41 Å². The summed E-state index contributed by atoms with van der Waals surface area (Å²) in [5.74, 6) is 0.307. The minimum Gasteiger partial charge on any atom is -0.495 e. The lowest BCUT2D eigenvalue weighted by Gasteiger charge is -2.33. The molecular weight excluding hydrogens is 448 g/mol. The lowest BCUT2D eigenvalue weighted by Crippen LogP contribution is -2.45. The lowest BCUT2D eigenvalue weighted by atomic mass is 9.81. The highest BCUT2D eigenvalue weighted by molar-refractivity contribution is 7.92. The fourth-order valence-corrected chi connectivity index (χ4v) is 5.02. The van der Waals surface area contributed by atoms with E-state index in [0.717, 1.165) is 18.2 Å². The van der Waals surface area contributed by atoms with Gasteiger partial charge in [-0.15, -0.1) is 0 Å². The van der Waals surface area contributed by atoms with Crippen molar-refractivity contribution in [3.8, 4) is 5.75 Å². The highest BCUT2D eigenvalue weighted by Crippen LogP contribution is 2.31. The van der Waals surface area contributed by atoms with E-state index in [1.165, 1.54) is 11.4 Å². The number of hydrogen-bond acceptors (Lipinski definition) is 4. The summed E-state index contributed by atoms with van der Waals surface area (Å²) in [6.07, 6.45) is 1.97. The van der Waals surface area contributed by atoms with E-state index in [-0.39, 0.29) is 23.4 Å². The number of rotatable bonds is 8. The van der Waals surface area contributed by atoms with Crippen LogP contribution in [0.1, 0.15) is 57.0 Å². The van der Waals surface area contributed by atoms with Gasteiger partial charge in [-0.3, -0.25) is 9.10 Å². The van der Waals surface area contributed by atoms with E-state index in [2.05, 4.69) is 26.1 Å². The van der Waals surface area contributed by atoms with Crippen LogP contribution in [0.25, 0.3) is 0 Å². The molecule has 176 valence electrons. The first-order chi connectivity index (χ1) is 14.6. The molecule has 2 rings (SSSR count). The summed E-state index contributed by atoms with van der Waals surface area (Å²) in [7, 11) is -2.07. The van der Waals surface area contributed by atoms with Gasteiger partial charge < -0.3 is 10.1 Å². The van der Waals surface area contributed by atoms with Crippen LogP contribution in [0.5, 0.6) is 5.75 Å². The largest absolute Gasteiger partial charge is 0.495 e. The summed E-state index contributed by atoms with van der Waals surface area (Å²) in [4.78, 5) is 12.7. The Morgan fingerprint density at radius 2 is 1.66 bits per heavy atom. The Morgan fingerprint density at radius 3 is 2.12 bits per heavy atom. The first-order valence-corrected chi connectivity index (χ1v) is 12.6. The number of carbonyl (C=O) groups is 1. The van der Waals surface area contributed by atoms with Crippen molar-refractivity contribution in [1.82, 2.24) is 5.32 Å². The second-order valence-corrected chi connectivity index (χ2v) is 12.2. The Labute approximate surface area is 197 Å². The van der Waals surface area contributed by atoms with Crippen molar-refractivity contribution in [3.05, 3.63) is 58.6 Å². The number of methoxy groups -OCH3 is 1. The molecule has 8 heteroatoms. The van der Waals surface area contributed by atoms with E-state index in [9.17, 15) is 13.2 Å². The van der Waals surface area contributed by atoms with Crippen molar-refractivity contribution < 1.29 is 17.9 Å². The minimum absolute atomic E-state index is 0.0834. The quantitative estimate of drug-likeness (QED) is 0.559. The fraction of sp³-hybridized carbons (Fsp3) is 0.458. The van der Waals surface area contributed by atoms with E-state index in [1.54, 1.807) is 42.5 Å². The topological polar surface area (TPSA) is 75.7 Å². The van der Waals surface area contributed by atoms with Crippen LogP contribution >= 0.6 is 11.6 Å². The molecule has 2 aromatic carbocycles. The second kappa shape index (κ2) is 9.71. The molecule has 1 amide bonds. The summed E-state index contributed by atoms with van der Waals surface area (Å²) in [6.45, 7) is 10.5. The average Bonchev–Trinajstić information content (AvgIpc) is 2.63. The predicted octanol–water partition coefficient (Wildman–Crippen LogP) is 5.26. The molecular formula is C24H33ClN2O4S. The van der Waals surface area contributed by atoms with Gasteiger partial charge in [-0.2, -0.15) is 0 Å². The van der Waals surface area contributed by atoms with Crippen LogP contribution in [0.2, 0.25) is 5.02 Å². The molecule has 0 fully saturated rings. The third kappa shape index (κ3) is 7.41. The van der Waals surface area contributed by atoms with E-state index < -0.39 is 10.0 Å². The monoisotopic (exact) mass is 480 g/mol. The first-order valence-electron chi connectivity index (χ1n) is 10.3. The Bertz CT molecular complexity index is 1060. The van der Waals surface area contributed by atoms with Gasteiger partial charge in [-0.05, 0) is 61.6 Å². The van der Waals surface area contributed by atoms with Gasteiger partial charge in [-0.1, -0.05) is 44.5 Å². The molecule has 0 saturated carbocycles. The Morgan fingerprint density at radius 1 is 1.06 bits per heavy atom. The van der Waals surface area contributed by atoms with Gasteiger partial charge >= 0.3 is 0 Å². The van der Waals surface area contributed by atoms with Gasteiger partial charge in [0.05, 0.1) is 30.6 Å². The number of hydrogen-bond donors (Lipinski definition) is 1. The summed E-state index contributed by atoms with van der Waals surface area (Å²) in [5.41, 5.74) is 1.43. The first kappa shape index (κ1) is 26.0. The van der Waals surface area contributed by atoms with E-state index in [4.69, 9.17) is 16.3 Å². The van der Waals surface area contributed by atoms with E-state index >= 15 is 0 Å². The SMILES string of the molecule is COc1ccc(N(Cc2ccc(C(=O)NC(C)(C)CC(C)(C)C)cc2)S(C)(=O)=O)cc1Cl. The number of nitrogens with one attached hydrogen (secondary N) is 1.